The average molecular weight is 451 g/mol. The molecule has 1 saturated carbocycles. The Hall–Kier alpha value is -3.00. The minimum Gasteiger partial charge on any atom is -0.493 e. The highest BCUT2D eigenvalue weighted by atomic mass is 32.2. The van der Waals surface area contributed by atoms with Crippen LogP contribution in [0.25, 0.3) is 16.9 Å². The Morgan fingerprint density at radius 2 is 1.81 bits per heavy atom. The van der Waals surface area contributed by atoms with Gasteiger partial charge in [-0.3, -0.25) is 0 Å². The predicted octanol–water partition coefficient (Wildman–Crippen LogP) is 5.83. The first-order chi connectivity index (χ1) is 15.6. The third kappa shape index (κ3) is 3.62. The van der Waals surface area contributed by atoms with E-state index in [0.717, 1.165) is 51.1 Å². The van der Waals surface area contributed by atoms with Crippen molar-refractivity contribution in [2.24, 2.45) is 0 Å². The summed E-state index contributed by atoms with van der Waals surface area (Å²) < 4.78 is 18.4. The zero-order valence-electron chi connectivity index (χ0n) is 18.7. The van der Waals surface area contributed by atoms with Gasteiger partial charge >= 0.3 is 0 Å². The van der Waals surface area contributed by atoms with Gasteiger partial charge in [-0.2, -0.15) is 0 Å². The minimum atomic E-state index is 0.429. The number of rotatable bonds is 6. The number of benzene rings is 1. The second kappa shape index (κ2) is 8.50. The molecule has 0 bridgehead atoms. The van der Waals surface area contributed by atoms with Crippen LogP contribution in [0.1, 0.15) is 48.9 Å². The van der Waals surface area contributed by atoms with Gasteiger partial charge in [0.15, 0.2) is 17.3 Å². The molecule has 8 heteroatoms. The van der Waals surface area contributed by atoms with Gasteiger partial charge in [-0.05, 0) is 51.0 Å². The highest BCUT2D eigenvalue weighted by molar-refractivity contribution is 7.99. The lowest BCUT2D eigenvalue weighted by atomic mass is 10.1. The van der Waals surface area contributed by atoms with E-state index in [2.05, 4.69) is 0 Å². The molecule has 1 aliphatic rings. The number of imidazole rings is 1. The summed E-state index contributed by atoms with van der Waals surface area (Å²) in [4.78, 5) is 11.0. The van der Waals surface area contributed by atoms with Crippen molar-refractivity contribution in [3.05, 3.63) is 47.8 Å². The van der Waals surface area contributed by atoms with E-state index in [1.165, 1.54) is 12.8 Å². The van der Waals surface area contributed by atoms with Crippen molar-refractivity contribution >= 4 is 17.3 Å². The van der Waals surface area contributed by atoms with Crippen LogP contribution in [0.5, 0.6) is 11.5 Å². The van der Waals surface area contributed by atoms with Crippen molar-refractivity contribution in [1.82, 2.24) is 19.6 Å². The zero-order valence-corrected chi connectivity index (χ0v) is 19.5. The van der Waals surface area contributed by atoms with Crippen molar-refractivity contribution in [3.8, 4) is 22.9 Å². The Bertz CT molecular complexity index is 1270. The zero-order chi connectivity index (χ0) is 22.2. The fourth-order valence-corrected chi connectivity index (χ4v) is 5.34. The molecule has 0 atom stereocenters. The van der Waals surface area contributed by atoms with Gasteiger partial charge in [0.1, 0.15) is 22.1 Å². The third-order valence-electron chi connectivity index (χ3n) is 6.04. The second-order valence-electron chi connectivity index (χ2n) is 8.05. The Morgan fingerprint density at radius 1 is 1.03 bits per heavy atom. The number of nitrogens with zero attached hydrogens (tertiary/aromatic N) is 4. The molecule has 4 aromatic rings. The molecular weight excluding hydrogens is 424 g/mol. The van der Waals surface area contributed by atoms with E-state index in [-0.39, 0.29) is 0 Å². The number of hydrogen-bond acceptors (Lipinski definition) is 7. The molecule has 7 nitrogen and oxygen atoms in total. The summed E-state index contributed by atoms with van der Waals surface area (Å²) in [5.74, 6) is 4.27. The second-order valence-corrected chi connectivity index (χ2v) is 9.08. The van der Waals surface area contributed by atoms with Gasteiger partial charge in [-0.25, -0.2) is 14.5 Å². The normalized spacial score (nSPS) is 14.4. The lowest BCUT2D eigenvalue weighted by Crippen LogP contribution is -2.07. The van der Waals surface area contributed by atoms with Gasteiger partial charge in [-0.1, -0.05) is 24.6 Å². The van der Waals surface area contributed by atoms with E-state index in [1.807, 2.05) is 42.6 Å². The molecule has 166 valence electrons. The molecule has 0 saturated heterocycles. The lowest BCUT2D eigenvalue weighted by molar-refractivity contribution is 0.355. The number of aryl methyl sites for hydroxylation is 2. The van der Waals surface area contributed by atoms with E-state index >= 15 is 0 Å². The maximum Gasteiger partial charge on any atom is 0.181 e. The summed E-state index contributed by atoms with van der Waals surface area (Å²) in [6.45, 7) is 4.00. The van der Waals surface area contributed by atoms with Crippen LogP contribution < -0.4 is 9.47 Å². The van der Waals surface area contributed by atoms with E-state index in [1.54, 1.807) is 32.2 Å². The fraction of sp³-hybridized carbons (Fsp3) is 0.375. The van der Waals surface area contributed by atoms with Crippen LogP contribution in [-0.4, -0.2) is 33.8 Å². The van der Waals surface area contributed by atoms with Crippen molar-refractivity contribution in [2.45, 2.75) is 55.4 Å². The van der Waals surface area contributed by atoms with Crippen LogP contribution in [0.15, 0.2) is 44.9 Å². The molecule has 3 aromatic heterocycles. The molecule has 0 aliphatic heterocycles. The van der Waals surface area contributed by atoms with E-state index in [0.29, 0.717) is 23.2 Å². The first kappa shape index (κ1) is 20.9. The third-order valence-corrected chi connectivity index (χ3v) is 7.16. The standard InChI is InChI=1S/C24H26N4O3S/c1-14-21-24(32-20-11-12-31-15(20)2)26-22(17-9-10-18(29-3)19(13-17)30-4)27-28(21)23(25-14)16-7-5-6-8-16/h9-13,16H,5-8H2,1-4H3. The largest absolute Gasteiger partial charge is 0.493 e. The Labute approximate surface area is 191 Å². The minimum absolute atomic E-state index is 0.429. The van der Waals surface area contributed by atoms with Gasteiger partial charge in [-0.15, -0.1) is 5.10 Å². The topological polar surface area (TPSA) is 74.7 Å². The summed E-state index contributed by atoms with van der Waals surface area (Å²) in [6, 6.07) is 7.72. The van der Waals surface area contributed by atoms with E-state index in [9.17, 15) is 0 Å². The molecule has 0 amide bonds. The molecule has 0 radical (unpaired) electrons. The Balaban J connectivity index is 1.71. The van der Waals surface area contributed by atoms with Gasteiger partial charge in [0.25, 0.3) is 0 Å². The molecule has 0 N–H and O–H groups in total. The average Bonchev–Trinajstić information content (AvgIpc) is 3.54. The smallest absolute Gasteiger partial charge is 0.181 e. The lowest BCUT2D eigenvalue weighted by Gasteiger charge is -2.12. The van der Waals surface area contributed by atoms with Gasteiger partial charge < -0.3 is 13.9 Å². The van der Waals surface area contributed by atoms with E-state index < -0.39 is 0 Å². The number of hydrogen-bond donors (Lipinski definition) is 0. The molecule has 1 fully saturated rings. The van der Waals surface area contributed by atoms with Crippen molar-refractivity contribution < 1.29 is 13.9 Å². The van der Waals surface area contributed by atoms with Gasteiger partial charge in [0.05, 0.1) is 31.1 Å². The van der Waals surface area contributed by atoms with Crippen molar-refractivity contribution in [2.75, 3.05) is 14.2 Å². The number of ether oxygens (including phenoxy) is 2. The van der Waals surface area contributed by atoms with Crippen molar-refractivity contribution in [1.29, 1.82) is 0 Å². The number of furan rings is 1. The molecule has 1 aromatic carbocycles. The maximum atomic E-state index is 5.52. The highest BCUT2D eigenvalue weighted by Gasteiger charge is 2.26. The monoisotopic (exact) mass is 450 g/mol. The van der Waals surface area contributed by atoms with Gasteiger partial charge in [0, 0.05) is 11.5 Å². The molecule has 5 rings (SSSR count). The molecule has 1 aliphatic carbocycles. The molecular formula is C24H26N4O3S. The first-order valence-electron chi connectivity index (χ1n) is 10.8. The van der Waals surface area contributed by atoms with Crippen LogP contribution in [0.3, 0.4) is 0 Å². The van der Waals surface area contributed by atoms with Crippen LogP contribution in [0.4, 0.5) is 0 Å². The predicted molar refractivity (Wildman–Crippen MR) is 123 cm³/mol. The maximum absolute atomic E-state index is 5.52. The molecule has 0 unspecified atom stereocenters. The van der Waals surface area contributed by atoms with E-state index in [4.69, 9.17) is 29.0 Å². The SMILES string of the molecule is COc1ccc(-c2nc(Sc3ccoc3C)c3c(C)nc(C4CCCC4)n3n2)cc1OC. The van der Waals surface area contributed by atoms with Crippen molar-refractivity contribution in [3.63, 3.8) is 0 Å². The molecule has 3 heterocycles. The summed E-state index contributed by atoms with van der Waals surface area (Å²) >= 11 is 1.59. The Morgan fingerprint density at radius 3 is 2.50 bits per heavy atom. The Kier molecular flexibility index (Phi) is 5.55. The number of fused-ring (bicyclic) bond motifs is 1. The highest BCUT2D eigenvalue weighted by Crippen LogP contribution is 2.39. The number of methoxy groups -OCH3 is 2. The first-order valence-corrected chi connectivity index (χ1v) is 11.6. The molecule has 32 heavy (non-hydrogen) atoms. The van der Waals surface area contributed by atoms with Crippen LogP contribution in [0, 0.1) is 13.8 Å². The summed E-state index contributed by atoms with van der Waals surface area (Å²) in [5, 5.41) is 5.83. The number of aromatic nitrogens is 4. The fourth-order valence-electron chi connectivity index (χ4n) is 4.35. The van der Waals surface area contributed by atoms with Crippen LogP contribution in [0.2, 0.25) is 0 Å². The summed E-state index contributed by atoms with van der Waals surface area (Å²) in [5.41, 5.74) is 2.77. The summed E-state index contributed by atoms with van der Waals surface area (Å²) in [6.07, 6.45) is 6.48. The summed E-state index contributed by atoms with van der Waals surface area (Å²) in [7, 11) is 3.26. The van der Waals surface area contributed by atoms with Crippen LogP contribution >= 0.6 is 11.8 Å². The molecule has 0 spiro atoms. The van der Waals surface area contributed by atoms with Gasteiger partial charge in [0.2, 0.25) is 0 Å². The quantitative estimate of drug-likeness (QED) is 0.366. The van der Waals surface area contributed by atoms with Crippen LogP contribution in [-0.2, 0) is 0 Å².